The van der Waals surface area contributed by atoms with Crippen molar-refractivity contribution in [3.05, 3.63) is 36.0 Å². The zero-order valence-electron chi connectivity index (χ0n) is 14.5. The smallest absolute Gasteiger partial charge is 0.331 e. The molecule has 0 aliphatic heterocycles. The van der Waals surface area contributed by atoms with Crippen LogP contribution in [0.2, 0.25) is 0 Å². The normalized spacial score (nSPS) is 38.9. The molecule has 1 fully saturated rings. The molecule has 0 aromatic heterocycles. The summed E-state index contributed by atoms with van der Waals surface area (Å²) in [7, 11) is 0. The van der Waals surface area contributed by atoms with E-state index < -0.39 is 5.97 Å². The monoisotopic (exact) mass is 302 g/mol. The Morgan fingerprint density at radius 2 is 2.14 bits per heavy atom. The van der Waals surface area contributed by atoms with Crippen LogP contribution in [0.4, 0.5) is 0 Å². The number of aliphatic carboxylic acids is 1. The molecular weight excluding hydrogens is 272 g/mol. The molecule has 22 heavy (non-hydrogen) atoms. The number of hydrogen-bond acceptors (Lipinski definition) is 1. The summed E-state index contributed by atoms with van der Waals surface area (Å²) in [6.45, 7) is 12.8. The molecule has 0 amide bonds. The highest BCUT2D eigenvalue weighted by Gasteiger charge is 2.54. The molecule has 0 saturated heterocycles. The van der Waals surface area contributed by atoms with Crippen molar-refractivity contribution < 1.29 is 9.90 Å². The van der Waals surface area contributed by atoms with E-state index in [4.69, 9.17) is 0 Å². The van der Waals surface area contributed by atoms with Gasteiger partial charge in [-0.3, -0.25) is 0 Å². The highest BCUT2D eigenvalue weighted by molar-refractivity contribution is 5.88. The molecule has 0 unspecified atom stereocenters. The van der Waals surface area contributed by atoms with E-state index in [2.05, 4.69) is 40.3 Å². The summed E-state index contributed by atoms with van der Waals surface area (Å²) in [5, 5.41) is 9.64. The van der Waals surface area contributed by atoms with E-state index in [1.165, 1.54) is 5.57 Å². The minimum absolute atomic E-state index is 0.159. The molecule has 0 radical (unpaired) electrons. The van der Waals surface area contributed by atoms with Gasteiger partial charge >= 0.3 is 5.97 Å². The van der Waals surface area contributed by atoms with Crippen LogP contribution in [0.15, 0.2) is 36.0 Å². The van der Waals surface area contributed by atoms with Gasteiger partial charge in [0.05, 0.1) is 0 Å². The molecule has 1 saturated carbocycles. The van der Waals surface area contributed by atoms with Crippen molar-refractivity contribution >= 4 is 5.97 Å². The van der Waals surface area contributed by atoms with Gasteiger partial charge in [-0.15, -0.1) is 0 Å². The van der Waals surface area contributed by atoms with E-state index >= 15 is 0 Å². The lowest BCUT2D eigenvalue weighted by molar-refractivity contribution is -0.136. The van der Waals surface area contributed by atoms with Crippen molar-refractivity contribution in [2.45, 2.75) is 59.8 Å². The zero-order chi connectivity index (χ0) is 16.5. The molecule has 2 aliphatic rings. The largest absolute Gasteiger partial charge is 0.478 e. The maximum atomic E-state index is 11.7. The lowest BCUT2D eigenvalue weighted by Crippen LogP contribution is -2.50. The van der Waals surface area contributed by atoms with Gasteiger partial charge in [-0.05, 0) is 56.3 Å². The predicted molar refractivity (Wildman–Crippen MR) is 91.6 cm³/mol. The van der Waals surface area contributed by atoms with E-state index in [-0.39, 0.29) is 10.8 Å². The second-order valence-corrected chi connectivity index (χ2v) is 7.77. The SMILES string of the molecule is C=C/C(C)=C/C[C@@]1(C)[C@H](C)CC[C@]2(C)C(C(=O)O)=CCC[C@H]12. The maximum Gasteiger partial charge on any atom is 0.331 e. The summed E-state index contributed by atoms with van der Waals surface area (Å²) in [6, 6.07) is 0. The minimum Gasteiger partial charge on any atom is -0.478 e. The predicted octanol–water partition coefficient (Wildman–Crippen LogP) is 5.37. The van der Waals surface area contributed by atoms with Gasteiger partial charge in [-0.1, -0.05) is 51.2 Å². The molecule has 0 bridgehead atoms. The van der Waals surface area contributed by atoms with E-state index in [1.54, 1.807) is 0 Å². The average Bonchev–Trinajstić information content (AvgIpc) is 2.48. The van der Waals surface area contributed by atoms with Crippen LogP contribution in [-0.2, 0) is 4.79 Å². The first-order valence-electron chi connectivity index (χ1n) is 8.49. The van der Waals surface area contributed by atoms with Gasteiger partial charge in [0.25, 0.3) is 0 Å². The molecule has 2 nitrogen and oxygen atoms in total. The van der Waals surface area contributed by atoms with Gasteiger partial charge in [0.1, 0.15) is 0 Å². The molecule has 0 aromatic rings. The number of hydrogen-bond donors (Lipinski definition) is 1. The first-order chi connectivity index (χ1) is 10.3. The highest BCUT2D eigenvalue weighted by Crippen LogP contribution is 2.61. The van der Waals surface area contributed by atoms with Crippen molar-refractivity contribution in [2.75, 3.05) is 0 Å². The van der Waals surface area contributed by atoms with Crippen LogP contribution in [-0.4, -0.2) is 11.1 Å². The quantitative estimate of drug-likeness (QED) is 0.709. The number of allylic oxidation sites excluding steroid dienone is 4. The van der Waals surface area contributed by atoms with Crippen LogP contribution in [0.3, 0.4) is 0 Å². The van der Waals surface area contributed by atoms with Gasteiger partial charge in [0, 0.05) is 11.0 Å². The maximum absolute atomic E-state index is 11.7. The number of fused-ring (bicyclic) bond motifs is 1. The van der Waals surface area contributed by atoms with Crippen molar-refractivity contribution in [1.29, 1.82) is 0 Å². The molecular formula is C20H30O2. The van der Waals surface area contributed by atoms with Crippen molar-refractivity contribution in [2.24, 2.45) is 22.7 Å². The first-order valence-corrected chi connectivity index (χ1v) is 8.49. The van der Waals surface area contributed by atoms with Crippen molar-refractivity contribution in [3.8, 4) is 0 Å². The van der Waals surface area contributed by atoms with E-state index in [0.29, 0.717) is 17.4 Å². The molecule has 0 aromatic carbocycles. The Bertz CT molecular complexity index is 528. The van der Waals surface area contributed by atoms with Crippen LogP contribution in [0.25, 0.3) is 0 Å². The Labute approximate surface area is 135 Å². The summed E-state index contributed by atoms with van der Waals surface area (Å²) >= 11 is 0. The van der Waals surface area contributed by atoms with Crippen LogP contribution in [0.1, 0.15) is 59.8 Å². The van der Waals surface area contributed by atoms with Gasteiger partial charge in [0.15, 0.2) is 0 Å². The molecule has 2 rings (SSSR count). The van der Waals surface area contributed by atoms with Gasteiger partial charge in [0.2, 0.25) is 0 Å². The first kappa shape index (κ1) is 17.1. The summed E-state index contributed by atoms with van der Waals surface area (Å²) in [5.74, 6) is 0.336. The van der Waals surface area contributed by atoms with Gasteiger partial charge in [-0.2, -0.15) is 0 Å². The van der Waals surface area contributed by atoms with Gasteiger partial charge < -0.3 is 5.11 Å². The van der Waals surface area contributed by atoms with Crippen LogP contribution >= 0.6 is 0 Å². The lowest BCUT2D eigenvalue weighted by Gasteiger charge is -2.57. The minimum atomic E-state index is -0.720. The Kier molecular flexibility index (Phi) is 4.70. The summed E-state index contributed by atoms with van der Waals surface area (Å²) in [4.78, 5) is 11.7. The third-order valence-corrected chi connectivity index (χ3v) is 6.62. The topological polar surface area (TPSA) is 37.3 Å². The molecule has 1 N–H and O–H groups in total. The van der Waals surface area contributed by atoms with Crippen LogP contribution in [0, 0.1) is 22.7 Å². The number of rotatable bonds is 4. The number of carbonyl (C=O) groups is 1. The molecule has 4 atom stereocenters. The van der Waals surface area contributed by atoms with Gasteiger partial charge in [-0.25, -0.2) is 4.79 Å². The number of carboxylic acids is 1. The third-order valence-electron chi connectivity index (χ3n) is 6.62. The summed E-state index contributed by atoms with van der Waals surface area (Å²) in [5.41, 5.74) is 1.85. The third kappa shape index (κ3) is 2.68. The fourth-order valence-corrected chi connectivity index (χ4v) is 4.83. The lowest BCUT2D eigenvalue weighted by atomic mass is 9.47. The van der Waals surface area contributed by atoms with E-state index in [0.717, 1.165) is 32.1 Å². The standard InChI is InChI=1S/C20H30O2/c1-6-14(2)10-12-19(4)15(3)11-13-20(5)16(18(21)22)8-7-9-17(19)20/h6,8,10,15,17H,1,7,9,11-13H2,2-5H3,(H,21,22)/b14-10+/t15-,17-,19+,20-/m1/s1. The van der Waals surface area contributed by atoms with Crippen molar-refractivity contribution in [3.63, 3.8) is 0 Å². The Morgan fingerprint density at radius 1 is 1.45 bits per heavy atom. The fraction of sp³-hybridized carbons (Fsp3) is 0.650. The fourth-order valence-electron chi connectivity index (χ4n) is 4.83. The molecule has 0 spiro atoms. The summed E-state index contributed by atoms with van der Waals surface area (Å²) < 4.78 is 0. The zero-order valence-corrected chi connectivity index (χ0v) is 14.5. The van der Waals surface area contributed by atoms with E-state index in [1.807, 2.05) is 12.2 Å². The number of carboxylic acid groups (broad SMARTS) is 1. The van der Waals surface area contributed by atoms with Crippen molar-refractivity contribution in [1.82, 2.24) is 0 Å². The molecule has 0 heterocycles. The molecule has 2 heteroatoms. The van der Waals surface area contributed by atoms with E-state index in [9.17, 15) is 9.90 Å². The molecule has 122 valence electrons. The Balaban J connectivity index is 2.40. The van der Waals surface area contributed by atoms with Crippen LogP contribution < -0.4 is 0 Å². The second kappa shape index (κ2) is 6.06. The Hall–Kier alpha value is -1.31. The summed E-state index contributed by atoms with van der Waals surface area (Å²) in [6.07, 6.45) is 11.3. The van der Waals surface area contributed by atoms with Crippen LogP contribution in [0.5, 0.6) is 0 Å². The average molecular weight is 302 g/mol. The highest BCUT2D eigenvalue weighted by atomic mass is 16.4. The second-order valence-electron chi connectivity index (χ2n) is 7.77. The Morgan fingerprint density at radius 3 is 2.73 bits per heavy atom. The molecule has 2 aliphatic carbocycles.